The molecule has 1 aliphatic heterocycles. The topological polar surface area (TPSA) is 83.4 Å². The van der Waals surface area contributed by atoms with Gasteiger partial charge in [-0.3, -0.25) is 4.79 Å². The lowest BCUT2D eigenvalue weighted by Crippen LogP contribution is -2.31. The van der Waals surface area contributed by atoms with Gasteiger partial charge in [-0.1, -0.05) is 42.1 Å². The minimum Gasteiger partial charge on any atom is -0.495 e. The fraction of sp³-hybridized carbons (Fsp3) is 0.154. The average molecular weight is 536 g/mol. The van der Waals surface area contributed by atoms with E-state index in [0.717, 1.165) is 32.6 Å². The van der Waals surface area contributed by atoms with Crippen molar-refractivity contribution in [1.82, 2.24) is 5.32 Å². The Morgan fingerprint density at radius 3 is 2.74 bits per heavy atom. The van der Waals surface area contributed by atoms with Crippen LogP contribution in [-0.4, -0.2) is 18.5 Å². The molecule has 0 radical (unpaired) electrons. The van der Waals surface area contributed by atoms with Gasteiger partial charge in [0.25, 0.3) is 5.91 Å². The van der Waals surface area contributed by atoms with Crippen molar-refractivity contribution in [2.45, 2.75) is 19.0 Å². The number of hydrogen-bond donors (Lipinski definition) is 2. The summed E-state index contributed by atoms with van der Waals surface area (Å²) in [4.78, 5) is 13.1. The van der Waals surface area contributed by atoms with E-state index in [2.05, 4.69) is 32.6 Å². The number of anilines is 1. The highest BCUT2D eigenvalue weighted by molar-refractivity contribution is 9.10. The standard InChI is InChI=1S/C26H22BrN3O3S/c1-16-7-9-23(32-2)21(11-16)29-26-30-25(31)24(34-26)13-17-8-10-22(20(27)12-17)33-15-19-6-4-3-5-18(19)14-28/h3-13,26,29H,15H2,1-2H3,(H,30,31)/b24-13-. The van der Waals surface area contributed by atoms with Crippen molar-refractivity contribution in [3.63, 3.8) is 0 Å². The summed E-state index contributed by atoms with van der Waals surface area (Å²) in [6.07, 6.45) is 1.84. The number of aryl methyl sites for hydroxylation is 1. The first kappa shape index (κ1) is 23.7. The van der Waals surface area contributed by atoms with Gasteiger partial charge in [0.1, 0.15) is 18.1 Å². The maximum Gasteiger partial charge on any atom is 0.260 e. The maximum absolute atomic E-state index is 12.5. The van der Waals surface area contributed by atoms with Gasteiger partial charge in [-0.15, -0.1) is 0 Å². The summed E-state index contributed by atoms with van der Waals surface area (Å²) < 4.78 is 12.1. The first-order chi connectivity index (χ1) is 16.5. The molecule has 0 aliphatic carbocycles. The lowest BCUT2D eigenvalue weighted by Gasteiger charge is -2.16. The number of hydrogen-bond acceptors (Lipinski definition) is 6. The highest BCUT2D eigenvalue weighted by atomic mass is 79.9. The van der Waals surface area contributed by atoms with E-state index in [4.69, 9.17) is 9.47 Å². The zero-order valence-electron chi connectivity index (χ0n) is 18.6. The van der Waals surface area contributed by atoms with Crippen LogP contribution in [-0.2, 0) is 11.4 Å². The Morgan fingerprint density at radius 2 is 1.97 bits per heavy atom. The third-order valence-corrected chi connectivity index (χ3v) is 6.80. The number of thioether (sulfide) groups is 1. The molecule has 8 heteroatoms. The van der Waals surface area contributed by atoms with Crippen LogP contribution in [0.1, 0.15) is 22.3 Å². The number of nitriles is 1. The van der Waals surface area contributed by atoms with E-state index >= 15 is 0 Å². The molecule has 34 heavy (non-hydrogen) atoms. The molecule has 1 heterocycles. The maximum atomic E-state index is 12.5. The Balaban J connectivity index is 1.44. The van der Waals surface area contributed by atoms with Gasteiger partial charge in [-0.25, -0.2) is 0 Å². The summed E-state index contributed by atoms with van der Waals surface area (Å²) >= 11 is 4.96. The molecular weight excluding hydrogens is 514 g/mol. The van der Waals surface area contributed by atoms with E-state index < -0.39 is 0 Å². The van der Waals surface area contributed by atoms with Crippen LogP contribution in [0.2, 0.25) is 0 Å². The van der Waals surface area contributed by atoms with Gasteiger partial charge < -0.3 is 20.1 Å². The summed E-state index contributed by atoms with van der Waals surface area (Å²) in [7, 11) is 1.62. The summed E-state index contributed by atoms with van der Waals surface area (Å²) in [6, 6.07) is 21.0. The fourth-order valence-electron chi connectivity index (χ4n) is 3.43. The fourth-order valence-corrected chi connectivity index (χ4v) is 4.91. The highest BCUT2D eigenvalue weighted by Crippen LogP contribution is 2.34. The first-order valence-corrected chi connectivity index (χ1v) is 12.1. The van der Waals surface area contributed by atoms with Gasteiger partial charge in [0.2, 0.25) is 0 Å². The number of nitrogens with zero attached hydrogens (tertiary/aromatic N) is 1. The lowest BCUT2D eigenvalue weighted by molar-refractivity contribution is -0.116. The highest BCUT2D eigenvalue weighted by Gasteiger charge is 2.27. The normalized spacial score (nSPS) is 16.1. The largest absolute Gasteiger partial charge is 0.495 e. The smallest absolute Gasteiger partial charge is 0.260 e. The Kier molecular flexibility index (Phi) is 7.46. The zero-order chi connectivity index (χ0) is 24.1. The monoisotopic (exact) mass is 535 g/mol. The quantitative estimate of drug-likeness (QED) is 0.371. The number of ether oxygens (including phenoxy) is 2. The second-order valence-corrected chi connectivity index (χ2v) is 9.58. The number of rotatable bonds is 7. The molecule has 0 saturated carbocycles. The van der Waals surface area contributed by atoms with E-state index in [1.54, 1.807) is 13.2 Å². The third-order valence-electron chi connectivity index (χ3n) is 5.15. The molecule has 3 aromatic carbocycles. The molecule has 3 aromatic rings. The minimum atomic E-state index is -0.305. The summed E-state index contributed by atoms with van der Waals surface area (Å²) in [5.41, 5.74) is 3.89. The Bertz CT molecular complexity index is 1300. The van der Waals surface area contributed by atoms with E-state index in [1.165, 1.54) is 11.8 Å². The third kappa shape index (κ3) is 5.56. The molecular formula is C26H22BrN3O3S. The molecule has 0 spiro atoms. The van der Waals surface area contributed by atoms with E-state index in [1.807, 2.05) is 67.6 Å². The van der Waals surface area contributed by atoms with Gasteiger partial charge >= 0.3 is 0 Å². The van der Waals surface area contributed by atoms with Crippen LogP contribution >= 0.6 is 27.7 Å². The molecule has 6 nitrogen and oxygen atoms in total. The van der Waals surface area contributed by atoms with Crippen LogP contribution in [0.3, 0.4) is 0 Å². The van der Waals surface area contributed by atoms with E-state index in [0.29, 0.717) is 16.2 Å². The molecule has 1 unspecified atom stereocenters. The molecule has 1 fully saturated rings. The molecule has 1 amide bonds. The van der Waals surface area contributed by atoms with E-state index in [9.17, 15) is 10.1 Å². The Labute approximate surface area is 211 Å². The predicted octanol–water partition coefficient (Wildman–Crippen LogP) is 5.82. The van der Waals surface area contributed by atoms with Gasteiger partial charge in [0.15, 0.2) is 5.50 Å². The van der Waals surface area contributed by atoms with Crippen molar-refractivity contribution < 1.29 is 14.3 Å². The Hall–Kier alpha value is -3.41. The van der Waals surface area contributed by atoms with Crippen molar-refractivity contribution in [3.8, 4) is 17.6 Å². The van der Waals surface area contributed by atoms with Crippen LogP contribution in [0, 0.1) is 18.3 Å². The van der Waals surface area contributed by atoms with Gasteiger partial charge in [-0.05, 0) is 70.4 Å². The molecule has 1 aliphatic rings. The first-order valence-electron chi connectivity index (χ1n) is 10.5. The number of halogens is 1. The molecule has 4 rings (SSSR count). The summed E-state index contributed by atoms with van der Waals surface area (Å²) in [6.45, 7) is 2.29. The van der Waals surface area contributed by atoms with Crippen molar-refractivity contribution >= 4 is 45.4 Å². The minimum absolute atomic E-state index is 0.140. The number of carbonyl (C=O) groups excluding carboxylic acids is 1. The zero-order valence-corrected chi connectivity index (χ0v) is 21.0. The van der Waals surface area contributed by atoms with E-state index in [-0.39, 0.29) is 18.0 Å². The van der Waals surface area contributed by atoms with Crippen molar-refractivity contribution in [1.29, 1.82) is 5.26 Å². The summed E-state index contributed by atoms with van der Waals surface area (Å²) in [5.74, 6) is 1.23. The molecule has 1 saturated heterocycles. The number of nitrogens with one attached hydrogen (secondary N) is 2. The summed E-state index contributed by atoms with van der Waals surface area (Å²) in [5, 5.41) is 15.5. The number of amides is 1. The second kappa shape index (κ2) is 10.7. The number of benzene rings is 3. The van der Waals surface area contributed by atoms with Crippen molar-refractivity contribution in [3.05, 3.63) is 92.3 Å². The van der Waals surface area contributed by atoms with Crippen molar-refractivity contribution in [2.24, 2.45) is 0 Å². The average Bonchev–Trinajstić information content (AvgIpc) is 3.17. The SMILES string of the molecule is COc1ccc(C)cc1NC1NC(=O)/C(=C/c2ccc(OCc3ccccc3C#N)c(Br)c2)S1. The van der Waals surface area contributed by atoms with Gasteiger partial charge in [0.05, 0.1) is 33.8 Å². The van der Waals surface area contributed by atoms with Crippen LogP contribution in [0.25, 0.3) is 6.08 Å². The molecule has 1 atom stereocenters. The predicted molar refractivity (Wildman–Crippen MR) is 138 cm³/mol. The molecule has 0 bridgehead atoms. The second-order valence-electron chi connectivity index (χ2n) is 7.58. The van der Waals surface area contributed by atoms with Crippen LogP contribution in [0.5, 0.6) is 11.5 Å². The van der Waals surface area contributed by atoms with Crippen LogP contribution < -0.4 is 20.1 Å². The van der Waals surface area contributed by atoms with Crippen LogP contribution in [0.4, 0.5) is 5.69 Å². The Morgan fingerprint density at radius 1 is 1.18 bits per heavy atom. The van der Waals surface area contributed by atoms with Gasteiger partial charge in [0, 0.05) is 5.56 Å². The lowest BCUT2D eigenvalue weighted by atomic mass is 10.1. The molecule has 2 N–H and O–H groups in total. The van der Waals surface area contributed by atoms with Crippen molar-refractivity contribution in [2.75, 3.05) is 12.4 Å². The van der Waals surface area contributed by atoms with Gasteiger partial charge in [-0.2, -0.15) is 5.26 Å². The molecule has 0 aromatic heterocycles. The number of carbonyl (C=O) groups is 1. The number of methoxy groups -OCH3 is 1. The van der Waals surface area contributed by atoms with Crippen LogP contribution in [0.15, 0.2) is 70.0 Å². The molecule has 172 valence electrons.